The van der Waals surface area contributed by atoms with E-state index in [0.717, 1.165) is 22.9 Å². The maximum absolute atomic E-state index is 12.5. The highest BCUT2D eigenvalue weighted by Crippen LogP contribution is 2.40. The number of fused-ring (bicyclic) bond motifs is 2. The summed E-state index contributed by atoms with van der Waals surface area (Å²) < 4.78 is 37.5. The molecule has 2 aromatic heterocycles. The first-order valence-corrected chi connectivity index (χ1v) is 11.5. The SMILES string of the molecule is CC(C)c1cccc2cc(C(F)(F)F)ncc12.CC(C)c1cccc2cc(C3CC3)ncc12. The van der Waals surface area contributed by atoms with Gasteiger partial charge in [0.05, 0.1) is 0 Å². The van der Waals surface area contributed by atoms with Gasteiger partial charge in [-0.15, -0.1) is 0 Å². The Hall–Kier alpha value is -2.95. The van der Waals surface area contributed by atoms with Gasteiger partial charge < -0.3 is 0 Å². The van der Waals surface area contributed by atoms with E-state index in [1.165, 1.54) is 41.1 Å². The molecule has 0 amide bonds. The van der Waals surface area contributed by atoms with Gasteiger partial charge in [0.1, 0.15) is 5.69 Å². The highest BCUT2D eigenvalue weighted by molar-refractivity contribution is 5.86. The molecule has 0 saturated heterocycles. The van der Waals surface area contributed by atoms with Crippen LogP contribution < -0.4 is 0 Å². The molecule has 0 atom stereocenters. The second-order valence-corrected chi connectivity index (χ2v) is 9.40. The third kappa shape index (κ3) is 5.18. The topological polar surface area (TPSA) is 25.8 Å². The van der Waals surface area contributed by atoms with Crippen LogP contribution in [-0.2, 0) is 6.18 Å². The van der Waals surface area contributed by atoms with Crippen LogP contribution in [0.3, 0.4) is 0 Å². The molecule has 0 spiro atoms. The summed E-state index contributed by atoms with van der Waals surface area (Å²) in [6.07, 6.45) is 1.64. The van der Waals surface area contributed by atoms with Crippen molar-refractivity contribution in [3.63, 3.8) is 0 Å². The molecule has 0 N–H and O–H groups in total. The normalized spacial score (nSPS) is 14.1. The fourth-order valence-corrected chi connectivity index (χ4v) is 4.17. The van der Waals surface area contributed by atoms with Gasteiger partial charge in [0, 0.05) is 34.8 Å². The van der Waals surface area contributed by atoms with Crippen LogP contribution in [0.4, 0.5) is 13.2 Å². The predicted octanol–water partition coefficient (Wildman–Crippen LogP) is 8.61. The zero-order chi connectivity index (χ0) is 23.8. The minimum atomic E-state index is -4.39. The number of aromatic nitrogens is 2. The average Bonchev–Trinajstić information content (AvgIpc) is 3.62. The average molecular weight is 451 g/mol. The Morgan fingerprint density at radius 2 is 1.27 bits per heavy atom. The van der Waals surface area contributed by atoms with Crippen LogP contribution in [0.25, 0.3) is 21.5 Å². The molecule has 1 aliphatic carbocycles. The van der Waals surface area contributed by atoms with Gasteiger partial charge in [0.2, 0.25) is 0 Å². The van der Waals surface area contributed by atoms with Crippen molar-refractivity contribution in [2.75, 3.05) is 0 Å². The van der Waals surface area contributed by atoms with Crippen LogP contribution >= 0.6 is 0 Å². The Morgan fingerprint density at radius 3 is 1.76 bits per heavy atom. The van der Waals surface area contributed by atoms with Crippen LogP contribution in [0.5, 0.6) is 0 Å². The van der Waals surface area contributed by atoms with Crippen molar-refractivity contribution in [2.45, 2.75) is 64.5 Å². The first-order valence-electron chi connectivity index (χ1n) is 11.5. The van der Waals surface area contributed by atoms with E-state index in [1.807, 2.05) is 19.9 Å². The van der Waals surface area contributed by atoms with Gasteiger partial charge in [-0.2, -0.15) is 13.2 Å². The second-order valence-electron chi connectivity index (χ2n) is 9.40. The Balaban J connectivity index is 0.000000157. The standard InChI is InChI=1S/C15H17N.C13H12F3N/c1-10(2)13-5-3-4-12-8-15(11-6-7-11)16-9-14(12)13;1-8(2)10-5-3-4-9-6-12(13(14,15)16)17-7-11(9)10/h3-5,8-11H,6-7H2,1-2H3;3-8H,1-2H3. The lowest BCUT2D eigenvalue weighted by molar-refractivity contribution is -0.141. The summed E-state index contributed by atoms with van der Waals surface area (Å²) in [5.41, 5.74) is 2.87. The molecule has 2 aromatic carbocycles. The Labute approximate surface area is 192 Å². The fourth-order valence-electron chi connectivity index (χ4n) is 4.17. The first kappa shape index (κ1) is 23.2. The number of pyridine rings is 2. The summed E-state index contributed by atoms with van der Waals surface area (Å²) in [5, 5.41) is 4.04. The maximum Gasteiger partial charge on any atom is 0.433 e. The van der Waals surface area contributed by atoms with E-state index in [0.29, 0.717) is 11.3 Å². The van der Waals surface area contributed by atoms with Crippen molar-refractivity contribution >= 4 is 21.5 Å². The largest absolute Gasteiger partial charge is 0.433 e. The zero-order valence-electron chi connectivity index (χ0n) is 19.4. The number of hydrogen-bond donors (Lipinski definition) is 0. The highest BCUT2D eigenvalue weighted by atomic mass is 19.4. The van der Waals surface area contributed by atoms with Gasteiger partial charge in [0.25, 0.3) is 0 Å². The van der Waals surface area contributed by atoms with Crippen molar-refractivity contribution in [1.29, 1.82) is 0 Å². The molecule has 2 heterocycles. The lowest BCUT2D eigenvalue weighted by Gasteiger charge is -2.11. The molecular formula is C28H29F3N2. The van der Waals surface area contributed by atoms with Gasteiger partial charge >= 0.3 is 6.18 Å². The van der Waals surface area contributed by atoms with Gasteiger partial charge in [-0.1, -0.05) is 64.1 Å². The molecule has 2 nitrogen and oxygen atoms in total. The second kappa shape index (κ2) is 9.12. The minimum Gasteiger partial charge on any atom is -0.260 e. The Morgan fingerprint density at radius 1 is 0.758 bits per heavy atom. The summed E-state index contributed by atoms with van der Waals surface area (Å²) >= 11 is 0. The Bertz CT molecular complexity index is 1270. The summed E-state index contributed by atoms with van der Waals surface area (Å²) in [6.45, 7) is 8.49. The summed E-state index contributed by atoms with van der Waals surface area (Å²) in [5.74, 6) is 1.57. The van der Waals surface area contributed by atoms with Crippen LogP contribution in [0, 0.1) is 0 Å². The van der Waals surface area contributed by atoms with E-state index in [9.17, 15) is 13.2 Å². The lowest BCUT2D eigenvalue weighted by Crippen LogP contribution is -2.07. The van der Waals surface area contributed by atoms with Crippen molar-refractivity contribution in [1.82, 2.24) is 9.97 Å². The molecule has 0 aliphatic heterocycles. The number of alkyl halides is 3. The molecule has 0 unspecified atom stereocenters. The number of rotatable bonds is 3. The van der Waals surface area contributed by atoms with E-state index in [2.05, 4.69) is 54.3 Å². The Kier molecular flexibility index (Phi) is 6.42. The first-order chi connectivity index (χ1) is 15.6. The maximum atomic E-state index is 12.5. The monoisotopic (exact) mass is 450 g/mol. The number of halogens is 3. The van der Waals surface area contributed by atoms with E-state index in [4.69, 9.17) is 0 Å². The third-order valence-corrected chi connectivity index (χ3v) is 6.15. The molecule has 0 radical (unpaired) electrons. The van der Waals surface area contributed by atoms with E-state index in [1.54, 1.807) is 12.1 Å². The molecule has 33 heavy (non-hydrogen) atoms. The molecule has 5 heteroatoms. The van der Waals surface area contributed by atoms with Crippen molar-refractivity contribution in [2.24, 2.45) is 0 Å². The molecule has 172 valence electrons. The number of hydrogen-bond acceptors (Lipinski definition) is 2. The smallest absolute Gasteiger partial charge is 0.260 e. The molecule has 1 saturated carbocycles. The number of benzene rings is 2. The number of nitrogens with zero attached hydrogens (tertiary/aromatic N) is 2. The minimum absolute atomic E-state index is 0.261. The van der Waals surface area contributed by atoms with E-state index in [-0.39, 0.29) is 5.92 Å². The summed E-state index contributed by atoms with van der Waals surface area (Å²) in [4.78, 5) is 8.11. The van der Waals surface area contributed by atoms with Crippen LogP contribution in [0.15, 0.2) is 60.9 Å². The predicted molar refractivity (Wildman–Crippen MR) is 129 cm³/mol. The molecule has 4 aromatic rings. The third-order valence-electron chi connectivity index (χ3n) is 6.15. The van der Waals surface area contributed by atoms with E-state index < -0.39 is 11.9 Å². The van der Waals surface area contributed by atoms with Crippen molar-refractivity contribution in [3.8, 4) is 0 Å². The van der Waals surface area contributed by atoms with Crippen LogP contribution in [-0.4, -0.2) is 9.97 Å². The fraction of sp³-hybridized carbons (Fsp3) is 0.357. The van der Waals surface area contributed by atoms with Crippen molar-refractivity contribution in [3.05, 3.63) is 83.4 Å². The quantitative estimate of drug-likeness (QED) is 0.312. The van der Waals surface area contributed by atoms with E-state index >= 15 is 0 Å². The molecule has 1 aliphatic rings. The molecule has 5 rings (SSSR count). The van der Waals surface area contributed by atoms with Gasteiger partial charge in [0.15, 0.2) is 0 Å². The van der Waals surface area contributed by atoms with Gasteiger partial charge in [-0.25, -0.2) is 0 Å². The molecule has 0 bridgehead atoms. The highest BCUT2D eigenvalue weighted by Gasteiger charge is 2.32. The van der Waals surface area contributed by atoms with Gasteiger partial charge in [-0.3, -0.25) is 9.97 Å². The summed E-state index contributed by atoms with van der Waals surface area (Å²) in [7, 11) is 0. The molecular weight excluding hydrogens is 421 g/mol. The summed E-state index contributed by atoms with van der Waals surface area (Å²) in [6, 6.07) is 15.3. The van der Waals surface area contributed by atoms with Gasteiger partial charge in [-0.05, 0) is 58.7 Å². The van der Waals surface area contributed by atoms with Crippen molar-refractivity contribution < 1.29 is 13.2 Å². The van der Waals surface area contributed by atoms with Crippen LogP contribution in [0.2, 0.25) is 0 Å². The zero-order valence-corrected chi connectivity index (χ0v) is 19.4. The lowest BCUT2D eigenvalue weighted by atomic mass is 9.97. The van der Waals surface area contributed by atoms with Crippen LogP contribution in [0.1, 0.15) is 80.8 Å². The molecule has 1 fully saturated rings.